The second-order valence-corrected chi connectivity index (χ2v) is 4.53. The van der Waals surface area contributed by atoms with Crippen LogP contribution in [0.3, 0.4) is 0 Å². The molecule has 1 aliphatic rings. The van der Waals surface area contributed by atoms with Gasteiger partial charge in [0, 0.05) is 13.2 Å². The lowest BCUT2D eigenvalue weighted by atomic mass is 9.98. The Morgan fingerprint density at radius 1 is 1.53 bits per heavy atom. The number of rotatable bonds is 7. The number of hydrogen-bond donors (Lipinski definition) is 1. The van der Waals surface area contributed by atoms with Crippen molar-refractivity contribution in [1.29, 1.82) is 0 Å². The van der Waals surface area contributed by atoms with E-state index in [1.54, 1.807) is 6.92 Å². The topological polar surface area (TPSA) is 61.5 Å². The van der Waals surface area contributed by atoms with Crippen LogP contribution in [0.2, 0.25) is 0 Å². The molecule has 4 nitrogen and oxygen atoms in total. The van der Waals surface area contributed by atoms with Crippen LogP contribution in [-0.4, -0.2) is 31.8 Å². The summed E-state index contributed by atoms with van der Waals surface area (Å²) < 4.78 is 10.1. The second kappa shape index (κ2) is 5.47. The molecular formula is C11H21NO3. The number of esters is 1. The molecule has 1 atom stereocenters. The van der Waals surface area contributed by atoms with E-state index in [-0.39, 0.29) is 5.97 Å². The van der Waals surface area contributed by atoms with E-state index in [0.717, 1.165) is 18.9 Å². The Morgan fingerprint density at radius 2 is 2.20 bits per heavy atom. The van der Waals surface area contributed by atoms with Gasteiger partial charge in [-0.05, 0) is 38.5 Å². The number of hydrogen-bond acceptors (Lipinski definition) is 4. The molecule has 0 amide bonds. The zero-order valence-corrected chi connectivity index (χ0v) is 9.62. The Labute approximate surface area is 91.1 Å². The average Bonchev–Trinajstić information content (AvgIpc) is 2.99. The van der Waals surface area contributed by atoms with Gasteiger partial charge in [-0.3, -0.25) is 4.79 Å². The molecule has 0 radical (unpaired) electrons. The van der Waals surface area contributed by atoms with E-state index >= 15 is 0 Å². The van der Waals surface area contributed by atoms with Crippen molar-refractivity contribution in [3.63, 3.8) is 0 Å². The van der Waals surface area contributed by atoms with Crippen LogP contribution in [0.15, 0.2) is 0 Å². The molecule has 4 heteroatoms. The molecule has 0 aromatic carbocycles. The van der Waals surface area contributed by atoms with Crippen molar-refractivity contribution in [2.75, 3.05) is 20.3 Å². The van der Waals surface area contributed by atoms with E-state index in [1.165, 1.54) is 20.0 Å². The van der Waals surface area contributed by atoms with Gasteiger partial charge in [0.1, 0.15) is 5.54 Å². The maximum absolute atomic E-state index is 11.2. The van der Waals surface area contributed by atoms with Crippen molar-refractivity contribution in [3.8, 4) is 0 Å². The number of carbonyl (C=O) groups excluding carboxylic acids is 1. The van der Waals surface area contributed by atoms with E-state index in [2.05, 4.69) is 4.74 Å². The SMILES string of the molecule is COC(=O)C(C)(N)CCCOCC1CC1. The van der Waals surface area contributed by atoms with Crippen LogP contribution >= 0.6 is 0 Å². The minimum absolute atomic E-state index is 0.357. The average molecular weight is 215 g/mol. The van der Waals surface area contributed by atoms with Crippen LogP contribution in [0.25, 0.3) is 0 Å². The third-order valence-corrected chi connectivity index (χ3v) is 2.69. The molecule has 1 unspecified atom stereocenters. The van der Waals surface area contributed by atoms with Gasteiger partial charge in [-0.1, -0.05) is 0 Å². The van der Waals surface area contributed by atoms with Crippen LogP contribution in [0, 0.1) is 5.92 Å². The minimum atomic E-state index is -0.877. The molecule has 88 valence electrons. The largest absolute Gasteiger partial charge is 0.468 e. The Balaban J connectivity index is 2.03. The fourth-order valence-electron chi connectivity index (χ4n) is 1.41. The van der Waals surface area contributed by atoms with E-state index in [1.807, 2.05) is 0 Å². The van der Waals surface area contributed by atoms with Crippen LogP contribution in [0.4, 0.5) is 0 Å². The van der Waals surface area contributed by atoms with Crippen molar-refractivity contribution < 1.29 is 14.3 Å². The first-order valence-corrected chi connectivity index (χ1v) is 5.51. The smallest absolute Gasteiger partial charge is 0.325 e. The summed E-state index contributed by atoms with van der Waals surface area (Å²) in [6.07, 6.45) is 4.01. The highest BCUT2D eigenvalue weighted by Crippen LogP contribution is 2.28. The molecule has 0 heterocycles. The van der Waals surface area contributed by atoms with Gasteiger partial charge in [0.2, 0.25) is 0 Å². The zero-order chi connectivity index (χ0) is 11.3. The quantitative estimate of drug-likeness (QED) is 0.510. The predicted molar refractivity (Wildman–Crippen MR) is 57.4 cm³/mol. The summed E-state index contributed by atoms with van der Waals surface area (Å²) in [6.45, 7) is 3.24. The van der Waals surface area contributed by atoms with Gasteiger partial charge in [-0.25, -0.2) is 0 Å². The molecule has 2 N–H and O–H groups in total. The Morgan fingerprint density at radius 3 is 2.73 bits per heavy atom. The maximum atomic E-state index is 11.2. The summed E-state index contributed by atoms with van der Waals surface area (Å²) in [4.78, 5) is 11.2. The van der Waals surface area contributed by atoms with Gasteiger partial charge in [-0.15, -0.1) is 0 Å². The molecule has 0 aromatic rings. The molecule has 1 rings (SSSR count). The third kappa shape index (κ3) is 4.62. The molecule has 0 aromatic heterocycles. The van der Waals surface area contributed by atoms with Gasteiger partial charge in [0.25, 0.3) is 0 Å². The molecule has 0 saturated heterocycles. The number of methoxy groups -OCH3 is 1. The summed E-state index contributed by atoms with van der Waals surface area (Å²) in [5.74, 6) is 0.430. The predicted octanol–water partition coefficient (Wildman–Crippen LogP) is 1.08. The van der Waals surface area contributed by atoms with Crippen molar-refractivity contribution in [3.05, 3.63) is 0 Å². The second-order valence-electron chi connectivity index (χ2n) is 4.53. The summed E-state index contributed by atoms with van der Waals surface area (Å²) in [6, 6.07) is 0. The van der Waals surface area contributed by atoms with E-state index < -0.39 is 5.54 Å². The first-order valence-electron chi connectivity index (χ1n) is 5.51. The van der Waals surface area contributed by atoms with Gasteiger partial charge in [0.15, 0.2) is 0 Å². The molecule has 15 heavy (non-hydrogen) atoms. The van der Waals surface area contributed by atoms with Crippen molar-refractivity contribution in [1.82, 2.24) is 0 Å². The fraction of sp³-hybridized carbons (Fsp3) is 0.909. The molecule has 1 fully saturated rings. The summed E-state index contributed by atoms with van der Waals surface area (Å²) in [5.41, 5.74) is 4.92. The lowest BCUT2D eigenvalue weighted by Gasteiger charge is -2.20. The Kier molecular flexibility index (Phi) is 4.54. The molecular weight excluding hydrogens is 194 g/mol. The monoisotopic (exact) mass is 215 g/mol. The molecule has 0 aliphatic heterocycles. The standard InChI is InChI=1S/C11H21NO3/c1-11(12,10(13)14-2)6-3-7-15-8-9-4-5-9/h9H,3-8,12H2,1-2H3. The van der Waals surface area contributed by atoms with Gasteiger partial charge in [-0.2, -0.15) is 0 Å². The first kappa shape index (κ1) is 12.5. The third-order valence-electron chi connectivity index (χ3n) is 2.69. The first-order chi connectivity index (χ1) is 7.06. The Hall–Kier alpha value is -0.610. The van der Waals surface area contributed by atoms with Gasteiger partial charge in [0.05, 0.1) is 7.11 Å². The van der Waals surface area contributed by atoms with Gasteiger partial charge < -0.3 is 15.2 Å². The van der Waals surface area contributed by atoms with Crippen molar-refractivity contribution in [2.45, 2.75) is 38.1 Å². The molecule has 0 spiro atoms. The number of ether oxygens (including phenoxy) is 2. The number of carbonyl (C=O) groups is 1. The van der Waals surface area contributed by atoms with Crippen LogP contribution in [0.5, 0.6) is 0 Å². The zero-order valence-electron chi connectivity index (χ0n) is 9.62. The van der Waals surface area contributed by atoms with E-state index in [0.29, 0.717) is 13.0 Å². The normalized spacial score (nSPS) is 19.7. The van der Waals surface area contributed by atoms with Crippen LogP contribution in [0.1, 0.15) is 32.6 Å². The van der Waals surface area contributed by atoms with Crippen molar-refractivity contribution >= 4 is 5.97 Å². The van der Waals surface area contributed by atoms with Gasteiger partial charge >= 0.3 is 5.97 Å². The molecule has 1 saturated carbocycles. The van der Waals surface area contributed by atoms with E-state index in [9.17, 15) is 4.79 Å². The highest BCUT2D eigenvalue weighted by molar-refractivity contribution is 5.79. The summed E-state index contributed by atoms with van der Waals surface area (Å²) in [5, 5.41) is 0. The highest BCUT2D eigenvalue weighted by Gasteiger charge is 2.28. The summed E-state index contributed by atoms with van der Waals surface area (Å²) in [7, 11) is 1.36. The summed E-state index contributed by atoms with van der Waals surface area (Å²) >= 11 is 0. The van der Waals surface area contributed by atoms with Crippen LogP contribution in [-0.2, 0) is 14.3 Å². The van der Waals surface area contributed by atoms with Crippen molar-refractivity contribution in [2.24, 2.45) is 11.7 Å². The lowest BCUT2D eigenvalue weighted by molar-refractivity contribution is -0.146. The molecule has 1 aliphatic carbocycles. The Bertz CT molecular complexity index is 212. The lowest BCUT2D eigenvalue weighted by Crippen LogP contribution is -2.45. The highest BCUT2D eigenvalue weighted by atomic mass is 16.5. The number of nitrogens with two attached hydrogens (primary N) is 1. The van der Waals surface area contributed by atoms with Crippen LogP contribution < -0.4 is 5.73 Å². The molecule has 0 bridgehead atoms. The fourth-order valence-corrected chi connectivity index (χ4v) is 1.41. The van der Waals surface area contributed by atoms with E-state index in [4.69, 9.17) is 10.5 Å². The minimum Gasteiger partial charge on any atom is -0.468 e. The maximum Gasteiger partial charge on any atom is 0.325 e.